The van der Waals surface area contributed by atoms with Gasteiger partial charge in [0.2, 0.25) is 5.91 Å². The lowest BCUT2D eigenvalue weighted by Crippen LogP contribution is -2.49. The molecule has 4 nitrogen and oxygen atoms in total. The first kappa shape index (κ1) is 14.5. The number of thiophene rings is 1. The Balaban J connectivity index is 1.72. The van der Waals surface area contributed by atoms with Crippen molar-refractivity contribution in [1.82, 2.24) is 10.6 Å². The topological polar surface area (TPSA) is 50.4 Å². The molecule has 2 N–H and O–H groups in total. The number of carbonyl (C=O) groups is 1. The van der Waals surface area contributed by atoms with Gasteiger partial charge >= 0.3 is 0 Å². The molecule has 3 atom stereocenters. The summed E-state index contributed by atoms with van der Waals surface area (Å²) in [5, 5.41) is 8.28. The maximum absolute atomic E-state index is 12.0. The lowest BCUT2D eigenvalue weighted by atomic mass is 10.1. The summed E-state index contributed by atoms with van der Waals surface area (Å²) in [6.45, 7) is 5.43. The van der Waals surface area contributed by atoms with E-state index in [0.717, 1.165) is 19.4 Å². The van der Waals surface area contributed by atoms with Crippen LogP contribution < -0.4 is 10.6 Å². The van der Waals surface area contributed by atoms with Gasteiger partial charge in [-0.3, -0.25) is 4.79 Å². The summed E-state index contributed by atoms with van der Waals surface area (Å²) < 4.78 is 5.62. The van der Waals surface area contributed by atoms with Gasteiger partial charge in [-0.25, -0.2) is 0 Å². The van der Waals surface area contributed by atoms with Crippen molar-refractivity contribution in [3.8, 4) is 0 Å². The summed E-state index contributed by atoms with van der Waals surface area (Å²) in [5.74, 6) is 0.0400. The van der Waals surface area contributed by atoms with E-state index >= 15 is 0 Å². The van der Waals surface area contributed by atoms with Crippen LogP contribution in [0.4, 0.5) is 0 Å². The van der Waals surface area contributed by atoms with Crippen LogP contribution in [0.2, 0.25) is 0 Å². The highest BCUT2D eigenvalue weighted by molar-refractivity contribution is 7.09. The van der Waals surface area contributed by atoms with Crippen molar-refractivity contribution in [2.75, 3.05) is 6.61 Å². The molecule has 0 spiro atoms. The second kappa shape index (κ2) is 7.03. The molecular formula is C14H22N2O2S. The zero-order chi connectivity index (χ0) is 13.7. The van der Waals surface area contributed by atoms with Gasteiger partial charge in [-0.2, -0.15) is 0 Å². The third kappa shape index (κ3) is 4.30. The van der Waals surface area contributed by atoms with E-state index in [1.807, 2.05) is 24.4 Å². The third-order valence-electron chi connectivity index (χ3n) is 3.45. The fraction of sp³-hybridized carbons (Fsp3) is 0.643. The number of hydrogen-bond acceptors (Lipinski definition) is 4. The Morgan fingerprint density at radius 1 is 1.58 bits per heavy atom. The number of hydrogen-bond donors (Lipinski definition) is 2. The molecule has 1 aliphatic rings. The average Bonchev–Trinajstić information content (AvgIpc) is 3.08. The molecule has 1 aromatic heterocycles. The Morgan fingerprint density at radius 2 is 2.42 bits per heavy atom. The van der Waals surface area contributed by atoms with E-state index < -0.39 is 0 Å². The Kier molecular flexibility index (Phi) is 5.36. The van der Waals surface area contributed by atoms with Gasteiger partial charge in [0, 0.05) is 17.5 Å². The van der Waals surface area contributed by atoms with Gasteiger partial charge in [-0.1, -0.05) is 6.07 Å². The third-order valence-corrected chi connectivity index (χ3v) is 4.32. The Labute approximate surface area is 118 Å². The molecule has 0 aromatic carbocycles. The van der Waals surface area contributed by atoms with Crippen molar-refractivity contribution in [1.29, 1.82) is 0 Å². The van der Waals surface area contributed by atoms with E-state index in [4.69, 9.17) is 4.74 Å². The molecule has 0 aliphatic carbocycles. The predicted octanol–water partition coefficient (Wildman–Crippen LogP) is 1.91. The molecule has 0 unspecified atom stereocenters. The summed E-state index contributed by atoms with van der Waals surface area (Å²) >= 11 is 1.66. The Morgan fingerprint density at radius 3 is 3.05 bits per heavy atom. The van der Waals surface area contributed by atoms with Crippen molar-refractivity contribution < 1.29 is 9.53 Å². The standard InChI is InChI=1S/C14H22N2O2S/c1-10(13-6-3-7-18-13)16-11(2)14(17)15-9-12-5-4-8-19-12/h4-5,8,10-11,13,16H,3,6-7,9H2,1-2H3,(H,15,17)/t10-,11-,13+/m0/s1. The minimum absolute atomic E-state index is 0.0400. The van der Waals surface area contributed by atoms with Crippen molar-refractivity contribution in [2.24, 2.45) is 0 Å². The van der Waals surface area contributed by atoms with Gasteiger partial charge < -0.3 is 15.4 Å². The summed E-state index contributed by atoms with van der Waals surface area (Å²) in [6.07, 6.45) is 2.44. The van der Waals surface area contributed by atoms with Crippen LogP contribution >= 0.6 is 11.3 Å². The van der Waals surface area contributed by atoms with Crippen molar-refractivity contribution >= 4 is 17.2 Å². The van der Waals surface area contributed by atoms with Crippen LogP contribution in [0.25, 0.3) is 0 Å². The van der Waals surface area contributed by atoms with E-state index in [-0.39, 0.29) is 24.1 Å². The molecule has 0 saturated carbocycles. The summed E-state index contributed by atoms with van der Waals surface area (Å²) in [7, 11) is 0. The molecule has 5 heteroatoms. The highest BCUT2D eigenvalue weighted by atomic mass is 32.1. The van der Waals surface area contributed by atoms with Crippen molar-refractivity contribution in [3.63, 3.8) is 0 Å². The lowest BCUT2D eigenvalue weighted by molar-refractivity contribution is -0.123. The largest absolute Gasteiger partial charge is 0.377 e. The van der Waals surface area contributed by atoms with E-state index in [0.29, 0.717) is 6.54 Å². The number of carbonyl (C=O) groups excluding carboxylic acids is 1. The van der Waals surface area contributed by atoms with Gasteiger partial charge in [0.25, 0.3) is 0 Å². The molecule has 1 amide bonds. The molecule has 1 saturated heterocycles. The molecule has 2 heterocycles. The fourth-order valence-corrected chi connectivity index (χ4v) is 2.96. The quantitative estimate of drug-likeness (QED) is 0.838. The molecule has 19 heavy (non-hydrogen) atoms. The maximum Gasteiger partial charge on any atom is 0.237 e. The van der Waals surface area contributed by atoms with E-state index in [2.05, 4.69) is 17.6 Å². The Bertz CT molecular complexity index is 388. The number of nitrogens with one attached hydrogen (secondary N) is 2. The molecule has 0 bridgehead atoms. The highest BCUT2D eigenvalue weighted by Crippen LogP contribution is 2.15. The molecule has 2 rings (SSSR count). The highest BCUT2D eigenvalue weighted by Gasteiger charge is 2.25. The summed E-state index contributed by atoms with van der Waals surface area (Å²) in [5.41, 5.74) is 0. The number of amides is 1. The second-order valence-corrected chi connectivity index (χ2v) is 6.06. The first-order valence-corrected chi connectivity index (χ1v) is 7.72. The SMILES string of the molecule is C[C@H](N[C@@H](C)[C@H]1CCCO1)C(=O)NCc1cccs1. The van der Waals surface area contributed by atoms with Crippen LogP contribution in [-0.2, 0) is 16.1 Å². The van der Waals surface area contributed by atoms with Gasteiger partial charge in [-0.05, 0) is 38.1 Å². The van der Waals surface area contributed by atoms with Crippen molar-refractivity contribution in [2.45, 2.75) is 51.4 Å². The van der Waals surface area contributed by atoms with Gasteiger partial charge in [0.15, 0.2) is 0 Å². The van der Waals surface area contributed by atoms with Crippen LogP contribution in [0.1, 0.15) is 31.6 Å². The minimum atomic E-state index is -0.195. The average molecular weight is 282 g/mol. The summed E-state index contributed by atoms with van der Waals surface area (Å²) in [6, 6.07) is 4.04. The number of ether oxygens (including phenoxy) is 1. The summed E-state index contributed by atoms with van der Waals surface area (Å²) in [4.78, 5) is 13.2. The monoisotopic (exact) mass is 282 g/mol. The second-order valence-electron chi connectivity index (χ2n) is 5.03. The minimum Gasteiger partial charge on any atom is -0.377 e. The predicted molar refractivity (Wildman–Crippen MR) is 77.2 cm³/mol. The lowest BCUT2D eigenvalue weighted by Gasteiger charge is -2.23. The molecule has 1 aliphatic heterocycles. The van der Waals surface area contributed by atoms with Crippen LogP contribution in [-0.4, -0.2) is 30.7 Å². The van der Waals surface area contributed by atoms with Crippen LogP contribution in [0.3, 0.4) is 0 Å². The molecule has 1 aromatic rings. The number of rotatable bonds is 6. The molecule has 1 fully saturated rings. The smallest absolute Gasteiger partial charge is 0.237 e. The van der Waals surface area contributed by atoms with E-state index in [9.17, 15) is 4.79 Å². The van der Waals surface area contributed by atoms with Crippen LogP contribution in [0, 0.1) is 0 Å². The molecular weight excluding hydrogens is 260 g/mol. The Hall–Kier alpha value is -0.910. The van der Waals surface area contributed by atoms with Crippen molar-refractivity contribution in [3.05, 3.63) is 22.4 Å². The van der Waals surface area contributed by atoms with Gasteiger partial charge in [-0.15, -0.1) is 11.3 Å². The first-order valence-electron chi connectivity index (χ1n) is 6.84. The van der Waals surface area contributed by atoms with Crippen LogP contribution in [0.15, 0.2) is 17.5 Å². The zero-order valence-electron chi connectivity index (χ0n) is 11.5. The first-order chi connectivity index (χ1) is 9.16. The van der Waals surface area contributed by atoms with E-state index in [1.165, 1.54) is 4.88 Å². The fourth-order valence-electron chi connectivity index (χ4n) is 2.31. The van der Waals surface area contributed by atoms with Crippen LogP contribution in [0.5, 0.6) is 0 Å². The van der Waals surface area contributed by atoms with Gasteiger partial charge in [0.1, 0.15) is 0 Å². The molecule has 106 valence electrons. The van der Waals surface area contributed by atoms with E-state index in [1.54, 1.807) is 11.3 Å². The zero-order valence-corrected chi connectivity index (χ0v) is 12.3. The molecule has 0 radical (unpaired) electrons. The maximum atomic E-state index is 12.0. The van der Waals surface area contributed by atoms with Gasteiger partial charge in [0.05, 0.1) is 18.7 Å². The normalized spacial score (nSPS) is 22.1.